The van der Waals surface area contributed by atoms with Crippen LogP contribution in [-0.2, 0) is 6.42 Å². The van der Waals surface area contributed by atoms with Crippen LogP contribution in [0.25, 0.3) is 11.3 Å². The van der Waals surface area contributed by atoms with E-state index in [1.54, 1.807) is 7.11 Å². The molecule has 2 aromatic rings. The third-order valence-corrected chi connectivity index (χ3v) is 2.50. The fourth-order valence-corrected chi connectivity index (χ4v) is 1.65. The number of anilines is 1. The molecule has 1 aromatic carbocycles. The van der Waals surface area contributed by atoms with Crippen LogP contribution in [0.15, 0.2) is 28.8 Å². The number of hydrogen-bond acceptors (Lipinski definition) is 4. The van der Waals surface area contributed by atoms with Gasteiger partial charge in [-0.3, -0.25) is 0 Å². The number of nitrogens with zero attached hydrogens (tertiary/aromatic N) is 1. The van der Waals surface area contributed by atoms with Gasteiger partial charge in [-0.15, -0.1) is 0 Å². The first-order valence-electron chi connectivity index (χ1n) is 5.14. The zero-order valence-corrected chi connectivity index (χ0v) is 9.36. The predicted molar refractivity (Wildman–Crippen MR) is 62.3 cm³/mol. The SMILES string of the molecule is CCc1c(N)noc1-c1cccc(OC)c1. The highest BCUT2D eigenvalue weighted by Gasteiger charge is 2.14. The van der Waals surface area contributed by atoms with Crippen LogP contribution >= 0.6 is 0 Å². The molecular weight excluding hydrogens is 204 g/mol. The molecule has 0 saturated carbocycles. The van der Waals surface area contributed by atoms with E-state index >= 15 is 0 Å². The largest absolute Gasteiger partial charge is 0.497 e. The predicted octanol–water partition coefficient (Wildman–Crippen LogP) is 2.49. The molecule has 0 bridgehead atoms. The number of hydrogen-bond donors (Lipinski definition) is 1. The van der Waals surface area contributed by atoms with Gasteiger partial charge in [0.15, 0.2) is 11.6 Å². The van der Waals surface area contributed by atoms with Crippen molar-refractivity contribution in [1.29, 1.82) is 0 Å². The van der Waals surface area contributed by atoms with Gasteiger partial charge in [0.2, 0.25) is 0 Å². The van der Waals surface area contributed by atoms with Crippen molar-refractivity contribution in [2.45, 2.75) is 13.3 Å². The summed E-state index contributed by atoms with van der Waals surface area (Å²) >= 11 is 0. The summed E-state index contributed by atoms with van der Waals surface area (Å²) < 4.78 is 10.4. The van der Waals surface area contributed by atoms with Crippen LogP contribution in [-0.4, -0.2) is 12.3 Å². The van der Waals surface area contributed by atoms with E-state index in [9.17, 15) is 0 Å². The Hall–Kier alpha value is -1.97. The van der Waals surface area contributed by atoms with E-state index in [2.05, 4.69) is 5.16 Å². The molecule has 1 heterocycles. The monoisotopic (exact) mass is 218 g/mol. The van der Waals surface area contributed by atoms with E-state index in [1.165, 1.54) is 0 Å². The molecule has 4 heteroatoms. The second-order valence-electron chi connectivity index (χ2n) is 3.46. The topological polar surface area (TPSA) is 61.3 Å². The first-order chi connectivity index (χ1) is 7.76. The highest BCUT2D eigenvalue weighted by atomic mass is 16.5. The number of methoxy groups -OCH3 is 1. The fourth-order valence-electron chi connectivity index (χ4n) is 1.65. The second kappa shape index (κ2) is 4.26. The minimum absolute atomic E-state index is 0.459. The Morgan fingerprint density at radius 2 is 2.25 bits per heavy atom. The maximum Gasteiger partial charge on any atom is 0.172 e. The number of nitrogen functional groups attached to an aromatic ring is 1. The van der Waals surface area contributed by atoms with Crippen molar-refractivity contribution in [3.8, 4) is 17.1 Å². The summed E-state index contributed by atoms with van der Waals surface area (Å²) in [4.78, 5) is 0. The Morgan fingerprint density at radius 3 is 2.94 bits per heavy atom. The van der Waals surface area contributed by atoms with Crippen LogP contribution in [0, 0.1) is 0 Å². The Balaban J connectivity index is 2.49. The highest BCUT2D eigenvalue weighted by Crippen LogP contribution is 2.30. The van der Waals surface area contributed by atoms with Crippen LogP contribution in [0.2, 0.25) is 0 Å². The van der Waals surface area contributed by atoms with Crippen LogP contribution in [0.4, 0.5) is 5.82 Å². The van der Waals surface area contributed by atoms with E-state index in [4.69, 9.17) is 15.0 Å². The van der Waals surface area contributed by atoms with E-state index in [0.717, 1.165) is 29.1 Å². The minimum atomic E-state index is 0.459. The van der Waals surface area contributed by atoms with E-state index in [-0.39, 0.29) is 0 Å². The van der Waals surface area contributed by atoms with E-state index in [0.29, 0.717) is 5.82 Å². The molecule has 0 radical (unpaired) electrons. The normalized spacial score (nSPS) is 10.4. The quantitative estimate of drug-likeness (QED) is 0.859. The van der Waals surface area contributed by atoms with E-state index < -0.39 is 0 Å². The van der Waals surface area contributed by atoms with Crippen molar-refractivity contribution in [2.75, 3.05) is 12.8 Å². The second-order valence-corrected chi connectivity index (χ2v) is 3.46. The molecule has 0 spiro atoms. The number of nitrogens with two attached hydrogens (primary N) is 1. The summed E-state index contributed by atoms with van der Waals surface area (Å²) in [5.41, 5.74) is 7.59. The first kappa shape index (κ1) is 10.5. The van der Waals surface area contributed by atoms with Crippen molar-refractivity contribution < 1.29 is 9.26 Å². The zero-order valence-electron chi connectivity index (χ0n) is 9.36. The summed E-state index contributed by atoms with van der Waals surface area (Å²) in [5, 5.41) is 3.78. The molecule has 0 saturated heterocycles. The average Bonchev–Trinajstić information content (AvgIpc) is 2.70. The molecule has 84 valence electrons. The molecule has 2 N–H and O–H groups in total. The summed E-state index contributed by atoms with van der Waals surface area (Å²) in [6.45, 7) is 2.02. The number of benzene rings is 1. The van der Waals surface area contributed by atoms with Gasteiger partial charge >= 0.3 is 0 Å². The summed E-state index contributed by atoms with van der Waals surface area (Å²) in [5.74, 6) is 1.97. The van der Waals surface area contributed by atoms with Gasteiger partial charge in [-0.25, -0.2) is 0 Å². The van der Waals surface area contributed by atoms with Gasteiger partial charge in [0.1, 0.15) is 5.75 Å². The Morgan fingerprint density at radius 1 is 1.44 bits per heavy atom. The lowest BCUT2D eigenvalue weighted by Gasteiger charge is -2.02. The lowest BCUT2D eigenvalue weighted by atomic mass is 10.1. The molecule has 2 rings (SSSR count). The summed E-state index contributed by atoms with van der Waals surface area (Å²) in [6, 6.07) is 7.64. The fraction of sp³-hybridized carbons (Fsp3) is 0.250. The van der Waals surface area contributed by atoms with Crippen molar-refractivity contribution >= 4 is 5.82 Å². The van der Waals surface area contributed by atoms with Crippen LogP contribution in [0.5, 0.6) is 5.75 Å². The lowest BCUT2D eigenvalue weighted by molar-refractivity contribution is 0.413. The van der Waals surface area contributed by atoms with Gasteiger partial charge in [-0.1, -0.05) is 24.2 Å². The molecule has 4 nitrogen and oxygen atoms in total. The van der Waals surface area contributed by atoms with Crippen molar-refractivity contribution in [1.82, 2.24) is 5.16 Å². The van der Waals surface area contributed by atoms with Gasteiger partial charge in [0.25, 0.3) is 0 Å². The molecule has 0 unspecified atom stereocenters. The Kier molecular flexibility index (Phi) is 2.81. The van der Waals surface area contributed by atoms with Gasteiger partial charge in [-0.2, -0.15) is 0 Å². The number of aromatic nitrogens is 1. The van der Waals surface area contributed by atoms with Crippen LogP contribution < -0.4 is 10.5 Å². The zero-order chi connectivity index (χ0) is 11.5. The van der Waals surface area contributed by atoms with E-state index in [1.807, 2.05) is 31.2 Å². The number of ether oxygens (including phenoxy) is 1. The lowest BCUT2D eigenvalue weighted by Crippen LogP contribution is -1.91. The third kappa shape index (κ3) is 1.74. The van der Waals surface area contributed by atoms with Crippen molar-refractivity contribution in [3.05, 3.63) is 29.8 Å². The molecular formula is C12H14N2O2. The minimum Gasteiger partial charge on any atom is -0.497 e. The van der Waals surface area contributed by atoms with Gasteiger partial charge in [0, 0.05) is 11.1 Å². The molecule has 0 aliphatic heterocycles. The van der Waals surface area contributed by atoms with Crippen LogP contribution in [0.3, 0.4) is 0 Å². The molecule has 0 aliphatic carbocycles. The van der Waals surface area contributed by atoms with Crippen molar-refractivity contribution in [2.24, 2.45) is 0 Å². The number of rotatable bonds is 3. The van der Waals surface area contributed by atoms with Crippen LogP contribution in [0.1, 0.15) is 12.5 Å². The third-order valence-electron chi connectivity index (χ3n) is 2.50. The summed E-state index contributed by atoms with van der Waals surface area (Å²) in [6.07, 6.45) is 0.794. The molecule has 0 fully saturated rings. The Bertz CT molecular complexity index is 492. The average molecular weight is 218 g/mol. The molecule has 0 aliphatic rings. The van der Waals surface area contributed by atoms with Crippen molar-refractivity contribution in [3.63, 3.8) is 0 Å². The maximum absolute atomic E-state index is 5.72. The smallest absolute Gasteiger partial charge is 0.172 e. The maximum atomic E-state index is 5.72. The molecule has 0 atom stereocenters. The van der Waals surface area contributed by atoms with Gasteiger partial charge in [0.05, 0.1) is 7.11 Å². The molecule has 1 aromatic heterocycles. The Labute approximate surface area is 94.0 Å². The molecule has 16 heavy (non-hydrogen) atoms. The standard InChI is InChI=1S/C12H14N2O2/c1-3-10-11(16-14-12(10)13)8-5-4-6-9(7-8)15-2/h4-7H,3H2,1-2H3,(H2,13,14). The van der Waals surface area contributed by atoms with Gasteiger partial charge < -0.3 is 15.0 Å². The highest BCUT2D eigenvalue weighted by molar-refractivity contribution is 5.67. The molecule has 0 amide bonds. The summed E-state index contributed by atoms with van der Waals surface area (Å²) in [7, 11) is 1.63. The first-order valence-corrected chi connectivity index (χ1v) is 5.14. The van der Waals surface area contributed by atoms with Gasteiger partial charge in [-0.05, 0) is 18.6 Å².